The number of hydrogen-bond donors (Lipinski definition) is 0. The number of para-hydroxylation sites is 1. The largest absolute Gasteiger partial charge is 0.493 e. The van der Waals surface area contributed by atoms with Crippen LogP contribution in [0.25, 0.3) is 6.08 Å². The van der Waals surface area contributed by atoms with E-state index in [4.69, 9.17) is 14.2 Å². The van der Waals surface area contributed by atoms with E-state index in [1.165, 1.54) is 7.11 Å². The molecule has 1 saturated heterocycles. The number of carbonyl (C=O) groups excluding carboxylic acids is 3. The molecule has 0 radical (unpaired) electrons. The first kappa shape index (κ1) is 23.1. The highest BCUT2D eigenvalue weighted by Gasteiger charge is 2.34. The fourth-order valence-corrected chi connectivity index (χ4v) is 4.08. The van der Waals surface area contributed by atoms with Gasteiger partial charge in [-0.05, 0) is 59.8 Å². The maximum atomic E-state index is 12.8. The van der Waals surface area contributed by atoms with Gasteiger partial charge in [0.2, 0.25) is 0 Å². The lowest BCUT2D eigenvalue weighted by Gasteiger charge is -2.13. The first-order valence-corrected chi connectivity index (χ1v) is 11.3. The van der Waals surface area contributed by atoms with Crippen molar-refractivity contribution in [2.24, 2.45) is 0 Å². The maximum Gasteiger partial charge on any atom is 0.343 e. The molecule has 1 fully saturated rings. The number of amides is 2. The van der Waals surface area contributed by atoms with Gasteiger partial charge in [0, 0.05) is 0 Å². The lowest BCUT2D eigenvalue weighted by atomic mass is 10.1. The average Bonchev–Trinajstić information content (AvgIpc) is 3.12. The van der Waals surface area contributed by atoms with E-state index < -0.39 is 11.9 Å². The number of thioether (sulfide) groups is 1. The van der Waals surface area contributed by atoms with Crippen LogP contribution in [0.1, 0.15) is 15.9 Å². The monoisotopic (exact) mass is 475 g/mol. The second-order valence-corrected chi connectivity index (χ2v) is 8.15. The molecule has 172 valence electrons. The molecule has 8 heteroatoms. The Morgan fingerprint density at radius 1 is 0.941 bits per heavy atom. The minimum atomic E-state index is -0.533. The number of ether oxygens (including phenoxy) is 3. The van der Waals surface area contributed by atoms with E-state index in [1.54, 1.807) is 66.7 Å². The Morgan fingerprint density at radius 3 is 2.35 bits per heavy atom. The standard InChI is InChI=1S/C26H21NO6S/c1-31-21-13-12-18(16-22(21)33-25(29)19-8-4-2-5-9-19)17-23-24(28)27(26(30)34-23)14-15-32-20-10-6-3-7-11-20/h2-13,16-17H,14-15H2,1H3/b23-17-. The van der Waals surface area contributed by atoms with E-state index in [2.05, 4.69) is 0 Å². The van der Waals surface area contributed by atoms with E-state index >= 15 is 0 Å². The normalized spacial score (nSPS) is 14.4. The summed E-state index contributed by atoms with van der Waals surface area (Å²) in [6.45, 7) is 0.330. The summed E-state index contributed by atoms with van der Waals surface area (Å²) in [6.07, 6.45) is 1.59. The number of carbonyl (C=O) groups is 3. The van der Waals surface area contributed by atoms with Gasteiger partial charge in [0.05, 0.1) is 24.1 Å². The van der Waals surface area contributed by atoms with Crippen molar-refractivity contribution in [3.63, 3.8) is 0 Å². The summed E-state index contributed by atoms with van der Waals surface area (Å²) in [7, 11) is 1.47. The van der Waals surface area contributed by atoms with Gasteiger partial charge in [0.1, 0.15) is 12.4 Å². The van der Waals surface area contributed by atoms with Crippen LogP contribution >= 0.6 is 11.8 Å². The first-order chi connectivity index (χ1) is 16.5. The lowest BCUT2D eigenvalue weighted by molar-refractivity contribution is -0.123. The molecule has 1 aliphatic rings. The van der Waals surface area contributed by atoms with Crippen molar-refractivity contribution in [3.8, 4) is 17.2 Å². The third-order valence-corrected chi connectivity index (χ3v) is 5.81. The molecular weight excluding hydrogens is 454 g/mol. The van der Waals surface area contributed by atoms with E-state index in [-0.39, 0.29) is 29.0 Å². The zero-order valence-electron chi connectivity index (χ0n) is 18.3. The van der Waals surface area contributed by atoms with Crippen LogP contribution in [0, 0.1) is 0 Å². The highest BCUT2D eigenvalue weighted by molar-refractivity contribution is 8.18. The number of nitrogens with zero attached hydrogens (tertiary/aromatic N) is 1. The second kappa shape index (κ2) is 10.7. The quantitative estimate of drug-likeness (QED) is 0.257. The van der Waals surface area contributed by atoms with Gasteiger partial charge < -0.3 is 14.2 Å². The summed E-state index contributed by atoms with van der Waals surface area (Å²) in [5, 5.41) is -0.364. The van der Waals surface area contributed by atoms with Gasteiger partial charge >= 0.3 is 5.97 Å². The van der Waals surface area contributed by atoms with Crippen molar-refractivity contribution in [2.75, 3.05) is 20.3 Å². The Hall–Kier alpha value is -4.04. The fraction of sp³-hybridized carbons (Fsp3) is 0.115. The molecule has 0 spiro atoms. The summed E-state index contributed by atoms with van der Waals surface area (Å²) >= 11 is 0.853. The van der Waals surface area contributed by atoms with Gasteiger partial charge in [-0.25, -0.2) is 4.79 Å². The summed E-state index contributed by atoms with van der Waals surface area (Å²) in [5.41, 5.74) is 0.983. The van der Waals surface area contributed by atoms with E-state index in [9.17, 15) is 14.4 Å². The molecule has 0 bridgehead atoms. The molecule has 34 heavy (non-hydrogen) atoms. The van der Waals surface area contributed by atoms with Gasteiger partial charge in [-0.15, -0.1) is 0 Å². The van der Waals surface area contributed by atoms with Crippen molar-refractivity contribution >= 4 is 35.0 Å². The van der Waals surface area contributed by atoms with Gasteiger partial charge in [-0.3, -0.25) is 14.5 Å². The summed E-state index contributed by atoms with van der Waals surface area (Å²) in [5.74, 6) is 0.314. The molecule has 3 aromatic rings. The maximum absolute atomic E-state index is 12.8. The van der Waals surface area contributed by atoms with Crippen LogP contribution in [0.4, 0.5) is 4.79 Å². The number of hydrogen-bond acceptors (Lipinski definition) is 7. The van der Waals surface area contributed by atoms with Crippen molar-refractivity contribution < 1.29 is 28.6 Å². The highest BCUT2D eigenvalue weighted by Crippen LogP contribution is 2.34. The van der Waals surface area contributed by atoms with E-state index in [0.717, 1.165) is 16.7 Å². The van der Waals surface area contributed by atoms with Crippen LogP contribution in [-0.4, -0.2) is 42.3 Å². The van der Waals surface area contributed by atoms with Crippen LogP contribution in [0.3, 0.4) is 0 Å². The number of esters is 1. The summed E-state index contributed by atoms with van der Waals surface area (Å²) in [6, 6.07) is 22.7. The third kappa shape index (κ3) is 5.47. The topological polar surface area (TPSA) is 82.1 Å². The van der Waals surface area contributed by atoms with E-state index in [1.807, 2.05) is 18.2 Å². The minimum absolute atomic E-state index is 0.138. The molecule has 2 amide bonds. The number of methoxy groups -OCH3 is 1. The van der Waals surface area contributed by atoms with Crippen molar-refractivity contribution in [3.05, 3.63) is 94.9 Å². The number of imide groups is 1. The molecular formula is C26H21NO6S. The summed E-state index contributed by atoms with van der Waals surface area (Å²) in [4.78, 5) is 39.1. The van der Waals surface area contributed by atoms with Crippen LogP contribution in [0.5, 0.6) is 17.2 Å². The molecule has 0 aliphatic carbocycles. The van der Waals surface area contributed by atoms with Crippen molar-refractivity contribution in [1.82, 2.24) is 4.90 Å². The molecule has 1 heterocycles. The Bertz CT molecular complexity index is 1230. The third-order valence-electron chi connectivity index (χ3n) is 4.90. The van der Waals surface area contributed by atoms with Crippen LogP contribution in [0.2, 0.25) is 0 Å². The highest BCUT2D eigenvalue weighted by atomic mass is 32.2. The Kier molecular flexibility index (Phi) is 7.29. The predicted octanol–water partition coefficient (Wildman–Crippen LogP) is 5.03. The smallest absolute Gasteiger partial charge is 0.343 e. The van der Waals surface area contributed by atoms with Gasteiger partial charge in [-0.2, -0.15) is 0 Å². The zero-order chi connectivity index (χ0) is 23.9. The molecule has 0 atom stereocenters. The fourth-order valence-electron chi connectivity index (χ4n) is 3.21. The Morgan fingerprint density at radius 2 is 1.65 bits per heavy atom. The molecule has 4 rings (SSSR count). The Labute approximate surface area is 200 Å². The molecule has 7 nitrogen and oxygen atoms in total. The van der Waals surface area contributed by atoms with Gasteiger partial charge in [0.25, 0.3) is 11.1 Å². The SMILES string of the molecule is COc1ccc(/C=C2\SC(=O)N(CCOc3ccccc3)C2=O)cc1OC(=O)c1ccccc1. The zero-order valence-corrected chi connectivity index (χ0v) is 19.1. The van der Waals surface area contributed by atoms with Crippen molar-refractivity contribution in [2.45, 2.75) is 0 Å². The number of rotatable bonds is 8. The van der Waals surface area contributed by atoms with Crippen LogP contribution in [-0.2, 0) is 4.79 Å². The minimum Gasteiger partial charge on any atom is -0.493 e. The van der Waals surface area contributed by atoms with Crippen LogP contribution in [0.15, 0.2) is 83.8 Å². The molecule has 0 unspecified atom stereocenters. The molecule has 3 aromatic carbocycles. The first-order valence-electron chi connectivity index (χ1n) is 10.4. The Balaban J connectivity index is 1.46. The van der Waals surface area contributed by atoms with Gasteiger partial charge in [0.15, 0.2) is 11.5 Å². The van der Waals surface area contributed by atoms with Crippen molar-refractivity contribution in [1.29, 1.82) is 0 Å². The summed E-state index contributed by atoms with van der Waals surface area (Å²) < 4.78 is 16.4. The molecule has 0 saturated carbocycles. The molecule has 0 aromatic heterocycles. The van der Waals surface area contributed by atoms with Gasteiger partial charge in [-0.1, -0.05) is 42.5 Å². The predicted molar refractivity (Wildman–Crippen MR) is 129 cm³/mol. The molecule has 1 aliphatic heterocycles. The number of benzene rings is 3. The molecule has 0 N–H and O–H groups in total. The lowest BCUT2D eigenvalue weighted by Crippen LogP contribution is -2.32. The van der Waals surface area contributed by atoms with Crippen LogP contribution < -0.4 is 14.2 Å². The average molecular weight is 476 g/mol. The second-order valence-electron chi connectivity index (χ2n) is 7.16. The van der Waals surface area contributed by atoms with E-state index in [0.29, 0.717) is 22.6 Å².